The molecule has 0 aliphatic carbocycles. The van der Waals surface area contributed by atoms with Crippen molar-refractivity contribution >= 4 is 17.9 Å². The summed E-state index contributed by atoms with van der Waals surface area (Å²) in [7, 11) is 0. The molecule has 0 saturated carbocycles. The van der Waals surface area contributed by atoms with Gasteiger partial charge in [-0.25, -0.2) is 0 Å². The Morgan fingerprint density at radius 3 is 0.868 bits per heavy atom. The Morgan fingerprint density at radius 1 is 0.276 bits per heavy atom. The summed E-state index contributed by atoms with van der Waals surface area (Å²) in [6, 6.07) is 0. The molecule has 0 aromatic rings. The lowest BCUT2D eigenvalue weighted by atomic mass is 10.0. The summed E-state index contributed by atoms with van der Waals surface area (Å²) in [5.41, 5.74) is 0. The largest absolute Gasteiger partial charge is 0.462 e. The molecule has 0 aromatic heterocycles. The maximum atomic E-state index is 12.9. The molecule has 440 valence electrons. The topological polar surface area (TPSA) is 78.9 Å². The predicted octanol–water partition coefficient (Wildman–Crippen LogP) is 22.5. The number of hydrogen-bond donors (Lipinski definition) is 0. The zero-order valence-corrected chi connectivity index (χ0v) is 50.5. The molecule has 0 aromatic carbocycles. The number of allylic oxidation sites excluding steroid dienone is 12. The highest BCUT2D eigenvalue weighted by atomic mass is 16.6. The number of ether oxygens (including phenoxy) is 3. The fourth-order valence-electron chi connectivity index (χ4n) is 9.53. The van der Waals surface area contributed by atoms with Crippen LogP contribution in [0.25, 0.3) is 0 Å². The molecule has 0 spiro atoms. The first kappa shape index (κ1) is 72.8. The van der Waals surface area contributed by atoms with Crippen molar-refractivity contribution in [2.45, 2.75) is 341 Å². The van der Waals surface area contributed by atoms with Gasteiger partial charge in [0.25, 0.3) is 0 Å². The van der Waals surface area contributed by atoms with E-state index in [1.165, 1.54) is 193 Å². The highest BCUT2D eigenvalue weighted by Crippen LogP contribution is 2.17. The Hall–Kier alpha value is -3.15. The SMILES string of the molecule is CC/C=C\C/C=C\C/C=C\C/C=C\C/C=C\CCCCCCCCCCCCCC(=O)OCC(COC(=O)CCCCCCC/C=C\CCC)OC(=O)CCCCCCCCCCCCCCCCCCCCCCC. The third-order valence-corrected chi connectivity index (χ3v) is 14.4. The monoisotopic (exact) mass is 1060 g/mol. The second-order valence-electron chi connectivity index (χ2n) is 22.0. The van der Waals surface area contributed by atoms with Gasteiger partial charge < -0.3 is 14.2 Å². The highest BCUT2D eigenvalue weighted by Gasteiger charge is 2.19. The quantitative estimate of drug-likeness (QED) is 0.0261. The van der Waals surface area contributed by atoms with Gasteiger partial charge in [0.05, 0.1) is 0 Å². The van der Waals surface area contributed by atoms with Crippen molar-refractivity contribution in [3.63, 3.8) is 0 Å². The van der Waals surface area contributed by atoms with Crippen molar-refractivity contribution in [1.29, 1.82) is 0 Å². The molecule has 0 aliphatic heterocycles. The second-order valence-corrected chi connectivity index (χ2v) is 22.0. The van der Waals surface area contributed by atoms with Crippen LogP contribution in [0.15, 0.2) is 72.9 Å². The van der Waals surface area contributed by atoms with Crippen molar-refractivity contribution in [2.75, 3.05) is 13.2 Å². The minimum absolute atomic E-state index is 0.0761. The Bertz CT molecular complexity index is 1400. The lowest BCUT2D eigenvalue weighted by Gasteiger charge is -2.18. The van der Waals surface area contributed by atoms with E-state index in [-0.39, 0.29) is 31.1 Å². The Kier molecular flexibility index (Phi) is 61.7. The van der Waals surface area contributed by atoms with E-state index >= 15 is 0 Å². The van der Waals surface area contributed by atoms with Crippen LogP contribution in [0.5, 0.6) is 0 Å². The first-order chi connectivity index (χ1) is 37.5. The summed E-state index contributed by atoms with van der Waals surface area (Å²) in [5, 5.41) is 0. The van der Waals surface area contributed by atoms with Crippen molar-refractivity contribution in [3.05, 3.63) is 72.9 Å². The van der Waals surface area contributed by atoms with Gasteiger partial charge in [-0.2, -0.15) is 0 Å². The molecule has 0 amide bonds. The number of hydrogen-bond acceptors (Lipinski definition) is 6. The van der Waals surface area contributed by atoms with Crippen LogP contribution in [0, 0.1) is 0 Å². The molecular weight excluding hydrogens is 937 g/mol. The molecule has 0 saturated heterocycles. The number of esters is 3. The van der Waals surface area contributed by atoms with E-state index in [0.29, 0.717) is 19.3 Å². The molecule has 0 aliphatic rings. The zero-order chi connectivity index (χ0) is 55.0. The first-order valence-corrected chi connectivity index (χ1v) is 32.9. The molecule has 1 atom stereocenters. The van der Waals surface area contributed by atoms with E-state index in [1.54, 1.807) is 0 Å². The van der Waals surface area contributed by atoms with Gasteiger partial charge in [0.2, 0.25) is 0 Å². The number of carbonyl (C=O) groups is 3. The first-order valence-electron chi connectivity index (χ1n) is 32.9. The summed E-state index contributed by atoms with van der Waals surface area (Å²) < 4.78 is 16.9. The molecule has 0 N–H and O–H groups in total. The van der Waals surface area contributed by atoms with Crippen molar-refractivity contribution in [1.82, 2.24) is 0 Å². The summed E-state index contributed by atoms with van der Waals surface area (Å²) in [6.07, 6.45) is 83.5. The standard InChI is InChI=1S/C70H124O6/c1-4-7-10-13-16-19-22-24-26-28-30-32-33-34-35-36-37-39-40-42-44-46-48-51-54-57-60-63-69(72)75-66-67(65-74-68(71)62-59-56-53-50-21-18-15-12-9-6-3)76-70(73)64-61-58-55-52-49-47-45-43-41-38-31-29-27-25-23-20-17-14-11-8-5-2/h7,10,12,15-16,19,24,26,30,32,34-35,67H,4-6,8-9,11,13-14,17-18,20-23,25,27-29,31,33,36-66H2,1-3H3/b10-7-,15-12-,19-16-,26-24-,32-30-,35-34-. The maximum Gasteiger partial charge on any atom is 0.306 e. The predicted molar refractivity (Wildman–Crippen MR) is 330 cm³/mol. The summed E-state index contributed by atoms with van der Waals surface area (Å²) in [5.74, 6) is -0.872. The van der Waals surface area contributed by atoms with E-state index in [0.717, 1.165) is 103 Å². The molecule has 0 bridgehead atoms. The minimum Gasteiger partial charge on any atom is -0.462 e. The van der Waals surface area contributed by atoms with Gasteiger partial charge in [-0.15, -0.1) is 0 Å². The van der Waals surface area contributed by atoms with E-state index in [9.17, 15) is 14.4 Å². The molecule has 0 radical (unpaired) electrons. The third kappa shape index (κ3) is 61.7. The summed E-state index contributed by atoms with van der Waals surface area (Å²) in [6.45, 7) is 6.50. The van der Waals surface area contributed by atoms with Gasteiger partial charge >= 0.3 is 17.9 Å². The Morgan fingerprint density at radius 2 is 0.539 bits per heavy atom. The van der Waals surface area contributed by atoms with E-state index in [4.69, 9.17) is 14.2 Å². The summed E-state index contributed by atoms with van der Waals surface area (Å²) >= 11 is 0. The Balaban J connectivity index is 4.20. The molecule has 0 fully saturated rings. The van der Waals surface area contributed by atoms with Crippen molar-refractivity contribution < 1.29 is 28.6 Å². The molecule has 6 nitrogen and oxygen atoms in total. The third-order valence-electron chi connectivity index (χ3n) is 14.4. The van der Waals surface area contributed by atoms with E-state index in [1.807, 2.05) is 0 Å². The molecule has 76 heavy (non-hydrogen) atoms. The average molecular weight is 1060 g/mol. The second kappa shape index (κ2) is 64.4. The fourth-order valence-corrected chi connectivity index (χ4v) is 9.53. The van der Waals surface area contributed by atoms with Crippen LogP contribution in [0.2, 0.25) is 0 Å². The minimum atomic E-state index is -0.778. The lowest BCUT2D eigenvalue weighted by Crippen LogP contribution is -2.30. The molecule has 6 heteroatoms. The number of unbranched alkanes of at least 4 members (excludes halogenated alkanes) is 37. The number of carbonyl (C=O) groups excluding carboxylic acids is 3. The zero-order valence-electron chi connectivity index (χ0n) is 50.5. The normalized spacial score (nSPS) is 12.5. The van der Waals surface area contributed by atoms with Gasteiger partial charge in [-0.1, -0.05) is 306 Å². The van der Waals surface area contributed by atoms with Crippen LogP contribution in [-0.4, -0.2) is 37.2 Å². The van der Waals surface area contributed by atoms with Gasteiger partial charge in [-0.3, -0.25) is 14.4 Å². The van der Waals surface area contributed by atoms with Gasteiger partial charge in [0.15, 0.2) is 6.10 Å². The molecule has 1 unspecified atom stereocenters. The molecule has 0 heterocycles. The average Bonchev–Trinajstić information content (AvgIpc) is 3.42. The van der Waals surface area contributed by atoms with Gasteiger partial charge in [-0.05, 0) is 83.5 Å². The Labute approximate surface area is 472 Å². The highest BCUT2D eigenvalue weighted by molar-refractivity contribution is 5.71. The molecule has 0 rings (SSSR count). The maximum absolute atomic E-state index is 12.9. The summed E-state index contributed by atoms with van der Waals surface area (Å²) in [4.78, 5) is 38.3. The molecular formula is C70H124O6. The van der Waals surface area contributed by atoms with Crippen LogP contribution in [0.4, 0.5) is 0 Å². The smallest absolute Gasteiger partial charge is 0.306 e. The van der Waals surface area contributed by atoms with Crippen LogP contribution >= 0.6 is 0 Å². The van der Waals surface area contributed by atoms with Crippen LogP contribution in [0.1, 0.15) is 335 Å². The van der Waals surface area contributed by atoms with E-state index < -0.39 is 6.10 Å². The van der Waals surface area contributed by atoms with Gasteiger partial charge in [0, 0.05) is 19.3 Å². The number of rotatable bonds is 60. The van der Waals surface area contributed by atoms with Crippen LogP contribution in [0.3, 0.4) is 0 Å². The van der Waals surface area contributed by atoms with Crippen LogP contribution < -0.4 is 0 Å². The lowest BCUT2D eigenvalue weighted by molar-refractivity contribution is -0.167. The van der Waals surface area contributed by atoms with Gasteiger partial charge in [0.1, 0.15) is 13.2 Å². The fraction of sp³-hybridized carbons (Fsp3) is 0.786. The van der Waals surface area contributed by atoms with Crippen molar-refractivity contribution in [2.24, 2.45) is 0 Å². The van der Waals surface area contributed by atoms with Crippen molar-refractivity contribution in [3.8, 4) is 0 Å². The van der Waals surface area contributed by atoms with Crippen LogP contribution in [-0.2, 0) is 28.6 Å². The van der Waals surface area contributed by atoms with E-state index in [2.05, 4.69) is 93.7 Å².